The molecule has 1 aliphatic rings. The minimum Gasteiger partial charge on any atom is -0.493 e. The molecule has 1 N–H and O–H groups in total. The highest BCUT2D eigenvalue weighted by molar-refractivity contribution is 5.88. The van der Waals surface area contributed by atoms with E-state index in [0.29, 0.717) is 34.8 Å². The van der Waals surface area contributed by atoms with Crippen LogP contribution in [-0.2, 0) is 28.6 Å². The van der Waals surface area contributed by atoms with Crippen molar-refractivity contribution < 1.29 is 47.9 Å². The molecule has 1 aromatic carbocycles. The summed E-state index contributed by atoms with van der Waals surface area (Å²) in [5.74, 6) is -1.01. The lowest BCUT2D eigenvalue weighted by Crippen LogP contribution is -2.49. The van der Waals surface area contributed by atoms with E-state index in [1.165, 1.54) is 27.9 Å². The van der Waals surface area contributed by atoms with Crippen molar-refractivity contribution in [2.24, 2.45) is 0 Å². The van der Waals surface area contributed by atoms with E-state index in [-0.39, 0.29) is 13.2 Å². The molecule has 0 spiro atoms. The fraction of sp³-hybridized carbons (Fsp3) is 0.621. The SMILES string of the molecule is C/C=C(/C)C(=O)O[C@@H](c1cc(OC)c2c(c1)OCO2)[C@@H](C)OC(=O)[C@](C)(O)[C@H](C)OC(=O)CCCCCCC. The van der Waals surface area contributed by atoms with Gasteiger partial charge >= 0.3 is 17.9 Å². The standard InChI is InChI=1S/C29H42O10/c1-8-10-11-12-13-14-24(30)38-20(5)29(6,33)28(32)37-19(4)25(39-27(31)18(3)9-2)21-15-22(34-7)26-23(16-21)35-17-36-26/h9,15-16,19-20,25,33H,8,10-14,17H2,1-7H3/b18-9-/t19-,20+,25-,29-/m1/s1. The molecule has 0 amide bonds. The maximum absolute atomic E-state index is 13.1. The van der Waals surface area contributed by atoms with Crippen LogP contribution in [-0.4, -0.2) is 54.7 Å². The van der Waals surface area contributed by atoms with Crippen LogP contribution in [0.15, 0.2) is 23.8 Å². The smallest absolute Gasteiger partial charge is 0.342 e. The van der Waals surface area contributed by atoms with Crippen molar-refractivity contribution in [3.8, 4) is 17.2 Å². The summed E-state index contributed by atoms with van der Waals surface area (Å²) in [6, 6.07) is 3.21. The number of methoxy groups -OCH3 is 1. The first-order valence-electron chi connectivity index (χ1n) is 13.4. The number of fused-ring (bicyclic) bond motifs is 1. The van der Waals surface area contributed by atoms with E-state index in [2.05, 4.69) is 6.92 Å². The molecule has 0 aliphatic carbocycles. The zero-order valence-corrected chi connectivity index (χ0v) is 24.0. The highest BCUT2D eigenvalue weighted by atomic mass is 16.7. The number of aliphatic hydroxyl groups is 1. The Morgan fingerprint density at radius 3 is 2.41 bits per heavy atom. The number of rotatable bonds is 15. The molecule has 218 valence electrons. The van der Waals surface area contributed by atoms with Gasteiger partial charge in [-0.2, -0.15) is 0 Å². The van der Waals surface area contributed by atoms with Crippen LogP contribution in [0.3, 0.4) is 0 Å². The average molecular weight is 551 g/mol. The number of benzene rings is 1. The van der Waals surface area contributed by atoms with E-state index in [1.54, 1.807) is 32.1 Å². The fourth-order valence-electron chi connectivity index (χ4n) is 3.83. The van der Waals surface area contributed by atoms with Crippen LogP contribution in [0.25, 0.3) is 0 Å². The summed E-state index contributed by atoms with van der Waals surface area (Å²) >= 11 is 0. The predicted octanol–water partition coefficient (Wildman–Crippen LogP) is 4.95. The van der Waals surface area contributed by atoms with Gasteiger partial charge in [0.25, 0.3) is 0 Å². The van der Waals surface area contributed by atoms with Gasteiger partial charge in [0.05, 0.1) is 7.11 Å². The Kier molecular flexibility index (Phi) is 12.1. The summed E-state index contributed by atoms with van der Waals surface area (Å²) in [6.45, 7) is 9.58. The van der Waals surface area contributed by atoms with Crippen LogP contribution >= 0.6 is 0 Å². The third kappa shape index (κ3) is 8.61. The molecule has 1 aromatic rings. The highest BCUT2D eigenvalue weighted by Gasteiger charge is 2.43. The van der Waals surface area contributed by atoms with Crippen molar-refractivity contribution in [3.63, 3.8) is 0 Å². The summed E-state index contributed by atoms with van der Waals surface area (Å²) in [5, 5.41) is 10.9. The summed E-state index contributed by atoms with van der Waals surface area (Å²) in [5.41, 5.74) is -1.36. The van der Waals surface area contributed by atoms with Gasteiger partial charge in [-0.05, 0) is 53.2 Å². The molecule has 0 unspecified atom stereocenters. The van der Waals surface area contributed by atoms with Gasteiger partial charge < -0.3 is 33.5 Å². The van der Waals surface area contributed by atoms with Crippen molar-refractivity contribution in [3.05, 3.63) is 29.3 Å². The molecule has 0 fully saturated rings. The van der Waals surface area contributed by atoms with Crippen molar-refractivity contribution in [2.75, 3.05) is 13.9 Å². The van der Waals surface area contributed by atoms with Gasteiger partial charge in [0.2, 0.25) is 12.5 Å². The largest absolute Gasteiger partial charge is 0.493 e. The third-order valence-corrected chi connectivity index (χ3v) is 6.72. The number of allylic oxidation sites excluding steroid dienone is 1. The van der Waals surface area contributed by atoms with Crippen LogP contribution in [0.2, 0.25) is 0 Å². The van der Waals surface area contributed by atoms with E-state index in [1.807, 2.05) is 0 Å². The second kappa shape index (κ2) is 14.8. The molecule has 1 heterocycles. The van der Waals surface area contributed by atoms with E-state index in [9.17, 15) is 19.5 Å². The lowest BCUT2D eigenvalue weighted by molar-refractivity contribution is -0.193. The fourth-order valence-corrected chi connectivity index (χ4v) is 3.83. The highest BCUT2D eigenvalue weighted by Crippen LogP contribution is 2.44. The Balaban J connectivity index is 2.17. The number of carbonyl (C=O) groups excluding carboxylic acids is 3. The second-order valence-corrected chi connectivity index (χ2v) is 9.81. The number of hydrogen-bond acceptors (Lipinski definition) is 10. The zero-order chi connectivity index (χ0) is 29.2. The second-order valence-electron chi connectivity index (χ2n) is 9.81. The molecular weight excluding hydrogens is 508 g/mol. The average Bonchev–Trinajstić information content (AvgIpc) is 3.39. The topological polar surface area (TPSA) is 127 Å². The molecule has 0 bridgehead atoms. The summed E-state index contributed by atoms with van der Waals surface area (Å²) in [7, 11) is 1.46. The molecule has 0 aromatic heterocycles. The maximum atomic E-state index is 13.1. The van der Waals surface area contributed by atoms with Gasteiger partial charge in [-0.1, -0.05) is 38.7 Å². The molecule has 0 saturated carbocycles. The van der Waals surface area contributed by atoms with Gasteiger partial charge in [0, 0.05) is 17.6 Å². The molecule has 0 saturated heterocycles. The summed E-state index contributed by atoms with van der Waals surface area (Å²) in [6.07, 6.45) is 3.31. The number of unbranched alkanes of at least 4 members (excludes halogenated alkanes) is 4. The van der Waals surface area contributed by atoms with Gasteiger partial charge in [0.15, 0.2) is 23.2 Å². The van der Waals surface area contributed by atoms with Gasteiger partial charge in [-0.25, -0.2) is 9.59 Å². The Morgan fingerprint density at radius 2 is 1.77 bits per heavy atom. The van der Waals surface area contributed by atoms with Crippen LogP contribution < -0.4 is 14.2 Å². The molecule has 10 nitrogen and oxygen atoms in total. The summed E-state index contributed by atoms with van der Waals surface area (Å²) < 4.78 is 32.9. The molecule has 4 atom stereocenters. The zero-order valence-electron chi connectivity index (χ0n) is 24.0. The van der Waals surface area contributed by atoms with E-state index in [4.69, 9.17) is 28.4 Å². The first-order chi connectivity index (χ1) is 18.5. The number of ether oxygens (including phenoxy) is 6. The Morgan fingerprint density at radius 1 is 1.08 bits per heavy atom. The van der Waals surface area contributed by atoms with Gasteiger partial charge in [-0.3, -0.25) is 4.79 Å². The van der Waals surface area contributed by atoms with Gasteiger partial charge in [-0.15, -0.1) is 0 Å². The van der Waals surface area contributed by atoms with E-state index >= 15 is 0 Å². The molecule has 1 aliphatic heterocycles. The lowest BCUT2D eigenvalue weighted by atomic mass is 9.99. The van der Waals surface area contributed by atoms with Crippen LogP contribution in [0, 0.1) is 0 Å². The lowest BCUT2D eigenvalue weighted by Gasteiger charge is -2.31. The monoisotopic (exact) mass is 550 g/mol. The Labute approximate surface area is 230 Å². The van der Waals surface area contributed by atoms with Crippen LogP contribution in [0.1, 0.15) is 91.7 Å². The van der Waals surface area contributed by atoms with Gasteiger partial charge in [0.1, 0.15) is 12.2 Å². The predicted molar refractivity (Wildman–Crippen MR) is 142 cm³/mol. The van der Waals surface area contributed by atoms with E-state index in [0.717, 1.165) is 25.7 Å². The molecule has 0 radical (unpaired) electrons. The maximum Gasteiger partial charge on any atom is 0.342 e. The quantitative estimate of drug-likeness (QED) is 0.139. The number of carbonyl (C=O) groups is 3. The Bertz CT molecular complexity index is 1030. The summed E-state index contributed by atoms with van der Waals surface area (Å²) in [4.78, 5) is 38.0. The Hall–Kier alpha value is -3.27. The third-order valence-electron chi connectivity index (χ3n) is 6.72. The van der Waals surface area contributed by atoms with E-state index < -0.39 is 41.8 Å². The normalized spacial score (nSPS) is 16.5. The van der Waals surface area contributed by atoms with Crippen molar-refractivity contribution in [1.29, 1.82) is 0 Å². The number of esters is 3. The molecular formula is C29H42O10. The van der Waals surface area contributed by atoms with Crippen molar-refractivity contribution >= 4 is 17.9 Å². The minimum absolute atomic E-state index is 0.0000366. The number of hydrogen-bond donors (Lipinski definition) is 1. The first kappa shape index (κ1) is 31.9. The molecule has 2 rings (SSSR count). The van der Waals surface area contributed by atoms with Crippen molar-refractivity contribution in [2.45, 2.75) is 104 Å². The first-order valence-corrected chi connectivity index (χ1v) is 13.4. The minimum atomic E-state index is -2.15. The molecule has 10 heteroatoms. The van der Waals surface area contributed by atoms with Crippen molar-refractivity contribution in [1.82, 2.24) is 0 Å². The molecule has 39 heavy (non-hydrogen) atoms. The van der Waals surface area contributed by atoms with Crippen LogP contribution in [0.5, 0.6) is 17.2 Å². The van der Waals surface area contributed by atoms with Crippen LogP contribution in [0.4, 0.5) is 0 Å².